The van der Waals surface area contributed by atoms with Crippen LogP contribution in [0.3, 0.4) is 0 Å². The molecule has 2 unspecified atom stereocenters. The van der Waals surface area contributed by atoms with Gasteiger partial charge in [-0.3, -0.25) is 14.2 Å². The van der Waals surface area contributed by atoms with Gasteiger partial charge < -0.3 is 4.90 Å². The fourth-order valence-corrected chi connectivity index (χ4v) is 5.82. The third-order valence-electron chi connectivity index (χ3n) is 5.40. The fourth-order valence-electron chi connectivity index (χ4n) is 4.16. The number of halogens is 1. The Hall–Kier alpha value is -2.19. The lowest BCUT2D eigenvalue weighted by molar-refractivity contribution is -0.130. The molecule has 0 spiro atoms. The Morgan fingerprint density at radius 1 is 1.27 bits per heavy atom. The number of hydrogen-bond acceptors (Lipinski definition) is 5. The van der Waals surface area contributed by atoms with Crippen LogP contribution in [0.1, 0.15) is 25.8 Å². The van der Waals surface area contributed by atoms with Gasteiger partial charge in [0.1, 0.15) is 10.5 Å². The molecular weight excluding hydrogens is 421 g/mol. The standard InChI is InChI=1S/C22H24FN3O2S2/c1-13-8-14(2)11-25(10-13)19(27)12-30-22-24-17-6-7-29-20(17)21(28)26(22)18-5-4-16(23)9-15(18)3/h4-7,9,13-14H,8,10-12H2,1-3H3. The molecule has 0 aliphatic carbocycles. The molecule has 1 amide bonds. The predicted molar refractivity (Wildman–Crippen MR) is 120 cm³/mol. The molecule has 2 aromatic heterocycles. The Kier molecular flexibility index (Phi) is 5.97. The summed E-state index contributed by atoms with van der Waals surface area (Å²) in [5, 5.41) is 2.28. The molecule has 0 bridgehead atoms. The number of thioether (sulfide) groups is 1. The molecule has 158 valence electrons. The lowest BCUT2D eigenvalue weighted by Gasteiger charge is -2.35. The number of piperidine rings is 1. The van der Waals surface area contributed by atoms with Crippen molar-refractivity contribution < 1.29 is 9.18 Å². The highest BCUT2D eigenvalue weighted by Crippen LogP contribution is 2.27. The van der Waals surface area contributed by atoms with Crippen molar-refractivity contribution in [1.29, 1.82) is 0 Å². The lowest BCUT2D eigenvalue weighted by Crippen LogP contribution is -2.43. The first-order valence-electron chi connectivity index (χ1n) is 10.0. The van der Waals surface area contributed by atoms with E-state index < -0.39 is 0 Å². The van der Waals surface area contributed by atoms with Crippen molar-refractivity contribution in [3.63, 3.8) is 0 Å². The number of amides is 1. The Morgan fingerprint density at radius 2 is 2.00 bits per heavy atom. The van der Waals surface area contributed by atoms with Crippen LogP contribution in [0.15, 0.2) is 39.6 Å². The van der Waals surface area contributed by atoms with E-state index in [2.05, 4.69) is 18.8 Å². The van der Waals surface area contributed by atoms with E-state index in [1.165, 1.54) is 39.8 Å². The van der Waals surface area contributed by atoms with Crippen molar-refractivity contribution in [1.82, 2.24) is 14.5 Å². The maximum atomic E-state index is 13.6. The summed E-state index contributed by atoms with van der Waals surface area (Å²) >= 11 is 2.60. The Bertz CT molecular complexity index is 1150. The number of carbonyl (C=O) groups is 1. The zero-order valence-corrected chi connectivity index (χ0v) is 18.9. The molecule has 0 radical (unpaired) electrons. The van der Waals surface area contributed by atoms with E-state index in [1.54, 1.807) is 13.0 Å². The molecule has 3 heterocycles. The lowest BCUT2D eigenvalue weighted by atomic mass is 9.92. The molecule has 1 aliphatic heterocycles. The van der Waals surface area contributed by atoms with Gasteiger partial charge in [-0.15, -0.1) is 11.3 Å². The zero-order valence-electron chi connectivity index (χ0n) is 17.2. The number of rotatable bonds is 4. The number of aromatic nitrogens is 2. The first-order chi connectivity index (χ1) is 14.3. The molecule has 1 saturated heterocycles. The van der Waals surface area contributed by atoms with Gasteiger partial charge in [-0.2, -0.15) is 0 Å². The minimum atomic E-state index is -0.354. The highest BCUT2D eigenvalue weighted by molar-refractivity contribution is 7.99. The number of thiophene rings is 1. The van der Waals surface area contributed by atoms with Crippen LogP contribution in [0.4, 0.5) is 4.39 Å². The van der Waals surface area contributed by atoms with E-state index in [4.69, 9.17) is 0 Å². The Balaban J connectivity index is 1.68. The summed E-state index contributed by atoms with van der Waals surface area (Å²) in [5.41, 5.74) is 1.65. The van der Waals surface area contributed by atoms with Gasteiger partial charge in [0.15, 0.2) is 5.16 Å². The van der Waals surface area contributed by atoms with Gasteiger partial charge in [0, 0.05) is 13.1 Å². The normalized spacial score (nSPS) is 19.4. The summed E-state index contributed by atoms with van der Waals surface area (Å²) in [6.45, 7) is 7.64. The van der Waals surface area contributed by atoms with Crippen molar-refractivity contribution in [3.05, 3.63) is 51.4 Å². The molecule has 2 atom stereocenters. The second-order valence-electron chi connectivity index (χ2n) is 8.13. The van der Waals surface area contributed by atoms with Crippen LogP contribution in [0, 0.1) is 24.6 Å². The molecule has 1 aliphatic rings. The summed E-state index contributed by atoms with van der Waals surface area (Å²) in [4.78, 5) is 32.6. The molecule has 0 N–H and O–H groups in total. The molecule has 1 fully saturated rings. The number of nitrogens with zero attached hydrogens (tertiary/aromatic N) is 3. The monoisotopic (exact) mass is 445 g/mol. The number of aryl methyl sites for hydroxylation is 1. The van der Waals surface area contributed by atoms with Crippen molar-refractivity contribution in [2.75, 3.05) is 18.8 Å². The van der Waals surface area contributed by atoms with Crippen LogP contribution in [0.5, 0.6) is 0 Å². The van der Waals surface area contributed by atoms with Gasteiger partial charge in [-0.1, -0.05) is 25.6 Å². The summed E-state index contributed by atoms with van der Waals surface area (Å²) in [6, 6.07) is 6.14. The van der Waals surface area contributed by atoms with Crippen molar-refractivity contribution >= 4 is 39.2 Å². The minimum absolute atomic E-state index is 0.0560. The minimum Gasteiger partial charge on any atom is -0.341 e. The van der Waals surface area contributed by atoms with Crippen LogP contribution in [0.2, 0.25) is 0 Å². The van der Waals surface area contributed by atoms with Crippen LogP contribution < -0.4 is 5.56 Å². The maximum absolute atomic E-state index is 13.6. The number of likely N-dealkylation sites (tertiary alicyclic amines) is 1. The molecule has 3 aromatic rings. The first kappa shape index (κ1) is 21.1. The van der Waals surface area contributed by atoms with Crippen LogP contribution in [-0.4, -0.2) is 39.2 Å². The predicted octanol–water partition coefficient (Wildman–Crippen LogP) is 4.49. The van der Waals surface area contributed by atoms with Gasteiger partial charge >= 0.3 is 0 Å². The van der Waals surface area contributed by atoms with Gasteiger partial charge in [0.2, 0.25) is 5.91 Å². The third-order valence-corrected chi connectivity index (χ3v) is 7.21. The summed E-state index contributed by atoms with van der Waals surface area (Å²) in [6.07, 6.45) is 1.14. The highest BCUT2D eigenvalue weighted by Gasteiger charge is 2.26. The zero-order chi connectivity index (χ0) is 21.4. The molecule has 5 nitrogen and oxygen atoms in total. The molecule has 1 aromatic carbocycles. The number of hydrogen-bond donors (Lipinski definition) is 0. The molecule has 30 heavy (non-hydrogen) atoms. The van der Waals surface area contributed by atoms with E-state index in [9.17, 15) is 14.0 Å². The van der Waals surface area contributed by atoms with Crippen molar-refractivity contribution in [2.24, 2.45) is 11.8 Å². The Morgan fingerprint density at radius 3 is 2.70 bits per heavy atom. The molecule has 4 rings (SSSR count). The van der Waals surface area contributed by atoms with Crippen LogP contribution >= 0.6 is 23.1 Å². The number of carbonyl (C=O) groups excluding carboxylic acids is 1. The van der Waals surface area contributed by atoms with Crippen LogP contribution in [0.25, 0.3) is 15.9 Å². The average Bonchev–Trinajstić information content (AvgIpc) is 3.15. The van der Waals surface area contributed by atoms with Gasteiger partial charge in [0.25, 0.3) is 5.56 Å². The average molecular weight is 446 g/mol. The van der Waals surface area contributed by atoms with Crippen molar-refractivity contribution in [3.8, 4) is 5.69 Å². The van der Waals surface area contributed by atoms with E-state index >= 15 is 0 Å². The highest BCUT2D eigenvalue weighted by atomic mass is 32.2. The van der Waals surface area contributed by atoms with E-state index in [1.807, 2.05) is 16.3 Å². The summed E-state index contributed by atoms with van der Waals surface area (Å²) in [7, 11) is 0. The maximum Gasteiger partial charge on any atom is 0.276 e. The van der Waals surface area contributed by atoms with Crippen molar-refractivity contribution in [2.45, 2.75) is 32.3 Å². The van der Waals surface area contributed by atoms with Gasteiger partial charge in [0.05, 0.1) is 17.0 Å². The largest absolute Gasteiger partial charge is 0.341 e. The van der Waals surface area contributed by atoms with Crippen LogP contribution in [-0.2, 0) is 4.79 Å². The molecule has 8 heteroatoms. The number of benzene rings is 1. The fraction of sp³-hybridized carbons (Fsp3) is 0.409. The molecular formula is C22H24FN3O2S2. The van der Waals surface area contributed by atoms with Gasteiger partial charge in [-0.25, -0.2) is 9.37 Å². The third kappa shape index (κ3) is 4.16. The SMILES string of the molecule is Cc1cc(F)ccc1-n1c(SCC(=O)N2CC(C)CC(C)C2)nc2ccsc2c1=O. The smallest absolute Gasteiger partial charge is 0.276 e. The van der Waals surface area contributed by atoms with E-state index in [0.29, 0.717) is 38.5 Å². The second kappa shape index (κ2) is 8.51. The first-order valence-corrected chi connectivity index (χ1v) is 11.9. The Labute approximate surface area is 182 Å². The van der Waals surface area contributed by atoms with E-state index in [0.717, 1.165) is 19.5 Å². The van der Waals surface area contributed by atoms with E-state index in [-0.39, 0.29) is 23.0 Å². The second-order valence-corrected chi connectivity index (χ2v) is 9.99. The summed E-state index contributed by atoms with van der Waals surface area (Å²) < 4.78 is 15.7. The quantitative estimate of drug-likeness (QED) is 0.439. The van der Waals surface area contributed by atoms with Gasteiger partial charge in [-0.05, 0) is 60.4 Å². The topological polar surface area (TPSA) is 55.2 Å². The number of fused-ring (bicyclic) bond motifs is 1. The summed E-state index contributed by atoms with van der Waals surface area (Å²) in [5.74, 6) is 0.889. The molecule has 0 saturated carbocycles.